The average Bonchev–Trinajstić information content (AvgIpc) is 2.93. The van der Waals surface area contributed by atoms with E-state index in [0.717, 1.165) is 0 Å². The Hall–Kier alpha value is -2.55. The van der Waals surface area contributed by atoms with Crippen LogP contribution in [0.1, 0.15) is 26.0 Å². The summed E-state index contributed by atoms with van der Waals surface area (Å²) in [5.74, 6) is -1.27. The normalized spacial score (nSPS) is 10.1. The van der Waals surface area contributed by atoms with Gasteiger partial charge in [-0.3, -0.25) is 4.98 Å². The quantitative estimate of drug-likeness (QED) is 0.786. The first kappa shape index (κ1) is 13.9. The van der Waals surface area contributed by atoms with E-state index in [9.17, 15) is 9.59 Å². The lowest BCUT2D eigenvalue weighted by molar-refractivity contribution is 0.0592. The molecule has 2 N–H and O–H groups in total. The molecule has 104 valence electrons. The van der Waals surface area contributed by atoms with E-state index in [1.165, 1.54) is 36.2 Å². The van der Waals surface area contributed by atoms with Gasteiger partial charge in [-0.2, -0.15) is 0 Å². The smallest absolute Gasteiger partial charge is 0.358 e. The number of esters is 1. The van der Waals surface area contributed by atoms with Gasteiger partial charge in [0.2, 0.25) is 0 Å². The van der Waals surface area contributed by atoms with Gasteiger partial charge in [0.05, 0.1) is 26.0 Å². The van der Waals surface area contributed by atoms with E-state index in [1.54, 1.807) is 0 Å². The fourth-order valence-corrected chi connectivity index (χ4v) is 2.02. The molecule has 2 rings (SSSR count). The highest BCUT2D eigenvalue weighted by Crippen LogP contribution is 2.12. The minimum atomic E-state index is -1.07. The monoisotopic (exact) mass is 294 g/mol. The molecule has 2 aromatic rings. The largest absolute Gasteiger partial charge is 0.476 e. The van der Waals surface area contributed by atoms with Gasteiger partial charge in [0.1, 0.15) is 10.8 Å². The number of thiazole rings is 1. The summed E-state index contributed by atoms with van der Waals surface area (Å²) >= 11 is 1.22. The molecular weight excluding hydrogens is 284 g/mol. The Morgan fingerprint density at radius 2 is 2.15 bits per heavy atom. The van der Waals surface area contributed by atoms with Crippen molar-refractivity contribution in [1.82, 2.24) is 15.0 Å². The molecule has 0 bridgehead atoms. The highest BCUT2D eigenvalue weighted by molar-refractivity contribution is 7.09. The summed E-state index contributed by atoms with van der Waals surface area (Å²) in [4.78, 5) is 33.8. The van der Waals surface area contributed by atoms with E-state index >= 15 is 0 Å². The van der Waals surface area contributed by atoms with Crippen LogP contribution in [-0.4, -0.2) is 39.1 Å². The molecule has 9 heteroatoms. The number of carbonyl (C=O) groups excluding carboxylic acids is 1. The Bertz CT molecular complexity index is 643. The first-order valence-corrected chi connectivity index (χ1v) is 6.30. The summed E-state index contributed by atoms with van der Waals surface area (Å²) in [7, 11) is 1.26. The van der Waals surface area contributed by atoms with Crippen molar-refractivity contribution in [3.05, 3.63) is 34.2 Å². The topological polar surface area (TPSA) is 114 Å². The Morgan fingerprint density at radius 1 is 1.35 bits per heavy atom. The molecule has 0 atom stereocenters. The molecule has 0 unspecified atom stereocenters. The summed E-state index contributed by atoms with van der Waals surface area (Å²) in [6, 6.07) is 0. The highest BCUT2D eigenvalue weighted by Gasteiger charge is 2.10. The molecular formula is C11H10N4O4S. The number of nitrogens with zero attached hydrogens (tertiary/aromatic N) is 3. The van der Waals surface area contributed by atoms with Gasteiger partial charge in [-0.05, 0) is 0 Å². The van der Waals surface area contributed by atoms with Crippen LogP contribution in [-0.2, 0) is 11.3 Å². The summed E-state index contributed by atoms with van der Waals surface area (Å²) < 4.78 is 4.54. The fourth-order valence-electron chi connectivity index (χ4n) is 1.31. The average molecular weight is 294 g/mol. The van der Waals surface area contributed by atoms with Gasteiger partial charge in [-0.15, -0.1) is 11.3 Å². The molecule has 0 spiro atoms. The lowest BCUT2D eigenvalue weighted by Gasteiger charge is -2.04. The van der Waals surface area contributed by atoms with Crippen LogP contribution in [0, 0.1) is 0 Å². The first-order chi connectivity index (χ1) is 9.60. The number of hydrogen-bond acceptors (Lipinski definition) is 8. The number of hydrogen-bond donors (Lipinski definition) is 2. The molecule has 0 saturated carbocycles. The van der Waals surface area contributed by atoms with Crippen molar-refractivity contribution in [3.63, 3.8) is 0 Å². The molecule has 0 fully saturated rings. The van der Waals surface area contributed by atoms with Crippen molar-refractivity contribution in [2.24, 2.45) is 0 Å². The second-order valence-electron chi connectivity index (χ2n) is 3.57. The van der Waals surface area contributed by atoms with Crippen LogP contribution in [0.15, 0.2) is 17.8 Å². The van der Waals surface area contributed by atoms with Crippen molar-refractivity contribution < 1.29 is 19.4 Å². The highest BCUT2D eigenvalue weighted by atomic mass is 32.1. The van der Waals surface area contributed by atoms with Gasteiger partial charge in [0, 0.05) is 5.38 Å². The summed E-state index contributed by atoms with van der Waals surface area (Å²) in [6.45, 7) is 0.289. The number of anilines is 1. The van der Waals surface area contributed by atoms with E-state index in [-0.39, 0.29) is 17.9 Å². The van der Waals surface area contributed by atoms with Crippen molar-refractivity contribution in [2.75, 3.05) is 12.4 Å². The molecule has 0 aliphatic heterocycles. The fraction of sp³-hybridized carbons (Fsp3) is 0.182. The zero-order valence-corrected chi connectivity index (χ0v) is 11.2. The first-order valence-electron chi connectivity index (χ1n) is 5.42. The van der Waals surface area contributed by atoms with Crippen LogP contribution in [0.3, 0.4) is 0 Å². The third-order valence-corrected chi connectivity index (χ3v) is 3.07. The van der Waals surface area contributed by atoms with Gasteiger partial charge in [0.15, 0.2) is 11.4 Å². The van der Waals surface area contributed by atoms with Gasteiger partial charge in [-0.1, -0.05) is 0 Å². The maximum absolute atomic E-state index is 11.3. The molecule has 0 aliphatic carbocycles. The molecule has 0 aromatic carbocycles. The lowest BCUT2D eigenvalue weighted by atomic mass is 10.4. The predicted molar refractivity (Wildman–Crippen MR) is 69.8 cm³/mol. The van der Waals surface area contributed by atoms with Crippen LogP contribution in [0.25, 0.3) is 0 Å². The SMILES string of the molecule is COC(=O)c1cncc(NCc2nc(C(=O)O)cs2)n1. The summed E-state index contributed by atoms with van der Waals surface area (Å²) in [5.41, 5.74) is 0.0871. The van der Waals surface area contributed by atoms with Crippen molar-refractivity contribution in [3.8, 4) is 0 Å². The Labute approximate surface area is 117 Å². The number of carboxylic acid groups (broad SMARTS) is 1. The Kier molecular flexibility index (Phi) is 4.20. The van der Waals surface area contributed by atoms with Crippen LogP contribution < -0.4 is 5.32 Å². The number of methoxy groups -OCH3 is 1. The van der Waals surface area contributed by atoms with E-state index in [2.05, 4.69) is 25.0 Å². The molecule has 2 aromatic heterocycles. The minimum absolute atomic E-state index is 0.00111. The Morgan fingerprint density at radius 3 is 2.80 bits per heavy atom. The van der Waals surface area contributed by atoms with Crippen molar-refractivity contribution in [2.45, 2.75) is 6.54 Å². The van der Waals surface area contributed by atoms with Crippen LogP contribution in [0.5, 0.6) is 0 Å². The number of aromatic carboxylic acids is 1. The molecule has 2 heterocycles. The maximum atomic E-state index is 11.3. The second kappa shape index (κ2) is 6.06. The van der Waals surface area contributed by atoms with Gasteiger partial charge < -0.3 is 15.2 Å². The molecule has 0 amide bonds. The Balaban J connectivity index is 2.03. The van der Waals surface area contributed by atoms with Crippen molar-refractivity contribution >= 4 is 29.1 Å². The van der Waals surface area contributed by atoms with Gasteiger partial charge in [0.25, 0.3) is 0 Å². The van der Waals surface area contributed by atoms with Crippen LogP contribution >= 0.6 is 11.3 Å². The van der Waals surface area contributed by atoms with E-state index in [1.807, 2.05) is 0 Å². The third kappa shape index (κ3) is 3.26. The number of carboxylic acids is 1. The van der Waals surface area contributed by atoms with E-state index < -0.39 is 11.9 Å². The lowest BCUT2D eigenvalue weighted by Crippen LogP contribution is -2.08. The number of nitrogens with one attached hydrogen (secondary N) is 1. The molecule has 0 radical (unpaired) electrons. The number of ether oxygens (including phenoxy) is 1. The van der Waals surface area contributed by atoms with E-state index in [4.69, 9.17) is 5.11 Å². The summed E-state index contributed by atoms with van der Waals surface area (Å²) in [5, 5.41) is 13.7. The second-order valence-corrected chi connectivity index (χ2v) is 4.51. The number of carbonyl (C=O) groups is 2. The van der Waals surface area contributed by atoms with Crippen molar-refractivity contribution in [1.29, 1.82) is 0 Å². The zero-order valence-electron chi connectivity index (χ0n) is 10.4. The van der Waals surface area contributed by atoms with Gasteiger partial charge in [-0.25, -0.2) is 19.6 Å². The number of rotatable bonds is 5. The molecule has 20 heavy (non-hydrogen) atoms. The third-order valence-electron chi connectivity index (χ3n) is 2.22. The molecule has 0 aliphatic rings. The van der Waals surface area contributed by atoms with Gasteiger partial charge >= 0.3 is 11.9 Å². The predicted octanol–water partition coefficient (Wildman–Crippen LogP) is 1.03. The zero-order chi connectivity index (χ0) is 14.5. The summed E-state index contributed by atoms with van der Waals surface area (Å²) in [6.07, 6.45) is 2.74. The standard InChI is InChI=1S/C11H10N4O4S/c1-19-11(18)6-2-12-3-8(14-6)13-4-9-15-7(5-20-9)10(16)17/h2-3,5H,4H2,1H3,(H,13,14)(H,16,17). The molecule has 0 saturated heterocycles. The van der Waals surface area contributed by atoms with Crippen LogP contribution in [0.2, 0.25) is 0 Å². The molecule has 8 nitrogen and oxygen atoms in total. The van der Waals surface area contributed by atoms with E-state index in [0.29, 0.717) is 10.8 Å². The minimum Gasteiger partial charge on any atom is -0.476 e. The van der Waals surface area contributed by atoms with Crippen LogP contribution in [0.4, 0.5) is 5.82 Å². The number of aromatic nitrogens is 3. The maximum Gasteiger partial charge on any atom is 0.358 e.